The van der Waals surface area contributed by atoms with Gasteiger partial charge >= 0.3 is 0 Å². The van der Waals surface area contributed by atoms with E-state index in [1.165, 1.54) is 0 Å². The Balaban J connectivity index is 1.79. The SMILES string of the molecule is Cc1nn(C)c(C)c1-c1cc(C(=O)NC(C)c2cccc(Br)c2)[nH]n1. The third-order valence-corrected chi connectivity index (χ3v) is 4.78. The Morgan fingerprint density at radius 2 is 2.08 bits per heavy atom. The lowest BCUT2D eigenvalue weighted by Gasteiger charge is -2.13. The monoisotopic (exact) mass is 401 g/mol. The fourth-order valence-corrected chi connectivity index (χ4v) is 3.26. The van der Waals surface area contributed by atoms with Crippen molar-refractivity contribution >= 4 is 21.8 Å². The molecule has 130 valence electrons. The van der Waals surface area contributed by atoms with Gasteiger partial charge in [0.15, 0.2) is 0 Å². The molecule has 1 amide bonds. The molecular weight excluding hydrogens is 382 g/mol. The lowest BCUT2D eigenvalue weighted by Crippen LogP contribution is -2.26. The number of aryl methyl sites for hydroxylation is 2. The number of carbonyl (C=O) groups is 1. The normalized spacial score (nSPS) is 12.2. The molecule has 7 heteroatoms. The Kier molecular flexibility index (Phi) is 4.76. The van der Waals surface area contributed by atoms with E-state index in [0.717, 1.165) is 32.7 Å². The Labute approximate surface area is 154 Å². The summed E-state index contributed by atoms with van der Waals surface area (Å²) in [4.78, 5) is 12.5. The molecule has 0 saturated heterocycles. The third kappa shape index (κ3) is 3.51. The zero-order valence-electron chi connectivity index (χ0n) is 14.6. The molecule has 0 saturated carbocycles. The topological polar surface area (TPSA) is 75.6 Å². The van der Waals surface area contributed by atoms with E-state index >= 15 is 0 Å². The van der Waals surface area contributed by atoms with E-state index in [4.69, 9.17) is 0 Å². The predicted octanol–water partition coefficient (Wildman–Crippen LogP) is 3.68. The summed E-state index contributed by atoms with van der Waals surface area (Å²) < 4.78 is 2.80. The Morgan fingerprint density at radius 3 is 2.72 bits per heavy atom. The fraction of sp³-hybridized carbons (Fsp3) is 0.278. The number of rotatable bonds is 4. The highest BCUT2D eigenvalue weighted by Gasteiger charge is 2.18. The van der Waals surface area contributed by atoms with Gasteiger partial charge in [0.25, 0.3) is 5.91 Å². The van der Waals surface area contributed by atoms with Crippen LogP contribution in [0.2, 0.25) is 0 Å². The second kappa shape index (κ2) is 6.84. The number of amides is 1. The number of benzene rings is 1. The van der Waals surface area contributed by atoms with Crippen molar-refractivity contribution in [3.05, 3.63) is 57.4 Å². The van der Waals surface area contributed by atoms with Crippen molar-refractivity contribution in [2.75, 3.05) is 0 Å². The van der Waals surface area contributed by atoms with Crippen LogP contribution in [0.15, 0.2) is 34.8 Å². The van der Waals surface area contributed by atoms with Gasteiger partial charge in [0, 0.05) is 22.8 Å². The number of nitrogens with one attached hydrogen (secondary N) is 2. The maximum atomic E-state index is 12.5. The first-order valence-corrected chi connectivity index (χ1v) is 8.78. The fourth-order valence-electron chi connectivity index (χ4n) is 2.84. The maximum Gasteiger partial charge on any atom is 0.269 e. The zero-order valence-corrected chi connectivity index (χ0v) is 16.2. The standard InChI is InChI=1S/C18H20BrN5O/c1-10(13-6-5-7-14(19)8-13)20-18(25)16-9-15(21-22-16)17-11(2)23-24(4)12(17)3/h5-10H,1-4H3,(H,20,25)(H,21,22). The molecule has 0 bridgehead atoms. The van der Waals surface area contributed by atoms with Crippen LogP contribution in [0.3, 0.4) is 0 Å². The minimum Gasteiger partial charge on any atom is -0.344 e. The molecule has 0 radical (unpaired) electrons. The number of H-pyrrole nitrogens is 1. The molecule has 1 unspecified atom stereocenters. The largest absolute Gasteiger partial charge is 0.344 e. The highest BCUT2D eigenvalue weighted by Crippen LogP contribution is 2.25. The van der Waals surface area contributed by atoms with Crippen molar-refractivity contribution in [2.24, 2.45) is 7.05 Å². The Hall–Kier alpha value is -2.41. The molecular formula is C18H20BrN5O. The lowest BCUT2D eigenvalue weighted by atomic mass is 10.1. The van der Waals surface area contributed by atoms with E-state index < -0.39 is 0 Å². The average molecular weight is 402 g/mol. The first kappa shape index (κ1) is 17.4. The van der Waals surface area contributed by atoms with E-state index in [-0.39, 0.29) is 11.9 Å². The van der Waals surface area contributed by atoms with Gasteiger partial charge in [0.2, 0.25) is 0 Å². The highest BCUT2D eigenvalue weighted by atomic mass is 79.9. The van der Waals surface area contributed by atoms with E-state index in [9.17, 15) is 4.79 Å². The molecule has 6 nitrogen and oxygen atoms in total. The van der Waals surface area contributed by atoms with Crippen molar-refractivity contribution < 1.29 is 4.79 Å². The number of aromatic amines is 1. The van der Waals surface area contributed by atoms with Gasteiger partial charge in [-0.25, -0.2) is 0 Å². The van der Waals surface area contributed by atoms with Crippen LogP contribution in [0.25, 0.3) is 11.3 Å². The van der Waals surface area contributed by atoms with Gasteiger partial charge in [-0.05, 0) is 44.5 Å². The quantitative estimate of drug-likeness (QED) is 0.699. The lowest BCUT2D eigenvalue weighted by molar-refractivity contribution is 0.0935. The number of aromatic nitrogens is 4. The van der Waals surface area contributed by atoms with Crippen LogP contribution in [0.1, 0.15) is 40.4 Å². The van der Waals surface area contributed by atoms with Gasteiger partial charge in [-0.2, -0.15) is 10.2 Å². The summed E-state index contributed by atoms with van der Waals surface area (Å²) in [6, 6.07) is 9.53. The van der Waals surface area contributed by atoms with E-state index in [0.29, 0.717) is 5.69 Å². The maximum absolute atomic E-state index is 12.5. The summed E-state index contributed by atoms with van der Waals surface area (Å²) in [6.45, 7) is 5.87. The van der Waals surface area contributed by atoms with Crippen molar-refractivity contribution in [3.63, 3.8) is 0 Å². The van der Waals surface area contributed by atoms with Gasteiger partial charge in [-0.3, -0.25) is 14.6 Å². The van der Waals surface area contributed by atoms with Crippen LogP contribution in [-0.4, -0.2) is 25.9 Å². The van der Waals surface area contributed by atoms with Crippen molar-refractivity contribution in [1.82, 2.24) is 25.3 Å². The van der Waals surface area contributed by atoms with E-state index in [2.05, 4.69) is 36.5 Å². The molecule has 0 spiro atoms. The van der Waals surface area contributed by atoms with Gasteiger partial charge in [-0.15, -0.1) is 0 Å². The van der Waals surface area contributed by atoms with Crippen LogP contribution in [0.4, 0.5) is 0 Å². The summed E-state index contributed by atoms with van der Waals surface area (Å²) in [5.74, 6) is -0.189. The van der Waals surface area contributed by atoms with Gasteiger partial charge in [-0.1, -0.05) is 28.1 Å². The first-order valence-electron chi connectivity index (χ1n) is 7.99. The molecule has 0 aliphatic heterocycles. The molecule has 0 aliphatic carbocycles. The molecule has 3 aromatic rings. The van der Waals surface area contributed by atoms with Crippen LogP contribution < -0.4 is 5.32 Å². The Morgan fingerprint density at radius 1 is 1.32 bits per heavy atom. The molecule has 3 rings (SSSR count). The number of hydrogen-bond donors (Lipinski definition) is 2. The van der Waals surface area contributed by atoms with Crippen molar-refractivity contribution in [1.29, 1.82) is 0 Å². The minimum atomic E-state index is -0.189. The minimum absolute atomic E-state index is 0.112. The van der Waals surface area contributed by atoms with Crippen molar-refractivity contribution in [3.8, 4) is 11.3 Å². The average Bonchev–Trinajstić information content (AvgIpc) is 3.13. The third-order valence-electron chi connectivity index (χ3n) is 4.28. The summed E-state index contributed by atoms with van der Waals surface area (Å²) in [6.07, 6.45) is 0. The number of carbonyl (C=O) groups excluding carboxylic acids is 1. The number of hydrogen-bond acceptors (Lipinski definition) is 3. The Bertz CT molecular complexity index is 927. The van der Waals surface area contributed by atoms with Crippen molar-refractivity contribution in [2.45, 2.75) is 26.8 Å². The molecule has 25 heavy (non-hydrogen) atoms. The molecule has 0 aliphatic rings. The summed E-state index contributed by atoms with van der Waals surface area (Å²) >= 11 is 3.45. The summed E-state index contributed by atoms with van der Waals surface area (Å²) in [7, 11) is 1.89. The number of halogens is 1. The molecule has 2 aromatic heterocycles. The van der Waals surface area contributed by atoms with Crippen LogP contribution in [-0.2, 0) is 7.05 Å². The zero-order chi connectivity index (χ0) is 18.1. The molecule has 2 N–H and O–H groups in total. The molecule has 1 aromatic carbocycles. The molecule has 1 atom stereocenters. The summed E-state index contributed by atoms with van der Waals surface area (Å²) in [5, 5.41) is 14.5. The van der Waals surface area contributed by atoms with Gasteiger partial charge in [0.1, 0.15) is 5.69 Å². The van der Waals surface area contributed by atoms with Crippen LogP contribution in [0.5, 0.6) is 0 Å². The smallest absolute Gasteiger partial charge is 0.269 e. The number of nitrogens with zero attached hydrogens (tertiary/aromatic N) is 3. The second-order valence-corrected chi connectivity index (χ2v) is 7.00. The van der Waals surface area contributed by atoms with Gasteiger partial charge in [0.05, 0.1) is 17.4 Å². The van der Waals surface area contributed by atoms with Crippen LogP contribution >= 0.6 is 15.9 Å². The predicted molar refractivity (Wildman–Crippen MR) is 100 cm³/mol. The molecule has 0 fully saturated rings. The van der Waals surface area contributed by atoms with E-state index in [1.807, 2.05) is 56.8 Å². The first-order chi connectivity index (χ1) is 11.9. The van der Waals surface area contributed by atoms with E-state index in [1.54, 1.807) is 6.07 Å². The molecule has 2 heterocycles. The van der Waals surface area contributed by atoms with Crippen LogP contribution in [0, 0.1) is 13.8 Å². The highest BCUT2D eigenvalue weighted by molar-refractivity contribution is 9.10. The summed E-state index contributed by atoms with van der Waals surface area (Å²) in [5.41, 5.74) is 5.04. The van der Waals surface area contributed by atoms with Gasteiger partial charge < -0.3 is 5.32 Å². The second-order valence-electron chi connectivity index (χ2n) is 6.09.